The molecule has 2 aliphatic heterocycles. The van der Waals surface area contributed by atoms with Crippen LogP contribution >= 0.6 is 0 Å². The Morgan fingerprint density at radius 3 is 2.64 bits per heavy atom. The van der Waals surface area contributed by atoms with Crippen LogP contribution in [0.5, 0.6) is 0 Å². The summed E-state index contributed by atoms with van der Waals surface area (Å²) in [6.07, 6.45) is 2.36. The first-order chi connectivity index (χ1) is 12.0. The second kappa shape index (κ2) is 7.53. The first kappa shape index (κ1) is 17.9. The molecule has 138 valence electrons. The van der Waals surface area contributed by atoms with Crippen molar-refractivity contribution < 1.29 is 9.90 Å². The van der Waals surface area contributed by atoms with E-state index in [4.69, 9.17) is 15.7 Å². The Hall–Kier alpha value is -1.93. The lowest BCUT2D eigenvalue weighted by molar-refractivity contribution is -0.131. The van der Waals surface area contributed by atoms with Crippen LogP contribution in [0, 0.1) is 0 Å². The van der Waals surface area contributed by atoms with E-state index in [1.165, 1.54) is 0 Å². The highest BCUT2D eigenvalue weighted by Crippen LogP contribution is 2.30. The molecule has 0 atom stereocenters. The van der Waals surface area contributed by atoms with Crippen LogP contribution in [-0.4, -0.2) is 72.3 Å². The molecule has 0 spiro atoms. The van der Waals surface area contributed by atoms with E-state index in [0.717, 1.165) is 49.4 Å². The van der Waals surface area contributed by atoms with Crippen LogP contribution in [0.15, 0.2) is 0 Å². The zero-order valence-corrected chi connectivity index (χ0v) is 15.1. The van der Waals surface area contributed by atoms with Crippen molar-refractivity contribution in [2.75, 3.05) is 50.1 Å². The van der Waals surface area contributed by atoms with Gasteiger partial charge in [-0.1, -0.05) is 0 Å². The number of aliphatic hydroxyl groups is 1. The fraction of sp³-hybridized carbons (Fsp3) is 0.706. The Kier molecular flexibility index (Phi) is 5.39. The van der Waals surface area contributed by atoms with Crippen molar-refractivity contribution in [3.05, 3.63) is 11.3 Å². The predicted molar refractivity (Wildman–Crippen MR) is 96.6 cm³/mol. The topological polar surface area (TPSA) is 98.8 Å². The molecule has 3 N–H and O–H groups in total. The van der Waals surface area contributed by atoms with Gasteiger partial charge in [0, 0.05) is 58.7 Å². The van der Waals surface area contributed by atoms with Crippen molar-refractivity contribution in [1.29, 1.82) is 0 Å². The minimum absolute atomic E-state index is 0.0878. The zero-order chi connectivity index (χ0) is 18.0. The van der Waals surface area contributed by atoms with Gasteiger partial charge in [0.2, 0.25) is 11.9 Å². The van der Waals surface area contributed by atoms with Gasteiger partial charge in [-0.25, -0.2) is 4.98 Å². The maximum atomic E-state index is 12.3. The summed E-state index contributed by atoms with van der Waals surface area (Å²) in [5.74, 6) is 1.69. The number of carbonyl (C=O) groups is 1. The summed E-state index contributed by atoms with van der Waals surface area (Å²) in [4.78, 5) is 27.7. The molecule has 0 bridgehead atoms. The predicted octanol–water partition coefficient (Wildman–Crippen LogP) is -0.263. The van der Waals surface area contributed by atoms with Crippen LogP contribution in [0.4, 0.5) is 11.8 Å². The highest BCUT2D eigenvalue weighted by Gasteiger charge is 2.29. The summed E-state index contributed by atoms with van der Waals surface area (Å²) in [6.45, 7) is 3.13. The minimum Gasteiger partial charge on any atom is -0.393 e. The summed E-state index contributed by atoms with van der Waals surface area (Å²) in [5, 5.41) is 9.80. The van der Waals surface area contributed by atoms with Gasteiger partial charge in [0.15, 0.2) is 0 Å². The quantitative estimate of drug-likeness (QED) is 0.773. The van der Waals surface area contributed by atoms with Crippen LogP contribution in [0.3, 0.4) is 0 Å². The number of anilines is 2. The molecule has 3 rings (SSSR count). The molecule has 0 radical (unpaired) electrons. The lowest BCUT2D eigenvalue weighted by Gasteiger charge is -2.36. The van der Waals surface area contributed by atoms with Crippen molar-refractivity contribution in [3.8, 4) is 0 Å². The van der Waals surface area contributed by atoms with Gasteiger partial charge < -0.3 is 25.5 Å². The fourth-order valence-electron chi connectivity index (χ4n) is 3.42. The molecular weight excluding hydrogens is 320 g/mol. The summed E-state index contributed by atoms with van der Waals surface area (Å²) >= 11 is 0. The van der Waals surface area contributed by atoms with Gasteiger partial charge in [-0.3, -0.25) is 4.79 Å². The van der Waals surface area contributed by atoms with Crippen LogP contribution in [0.1, 0.15) is 30.5 Å². The van der Waals surface area contributed by atoms with Crippen molar-refractivity contribution in [2.45, 2.75) is 38.3 Å². The van der Waals surface area contributed by atoms with Crippen molar-refractivity contribution in [2.24, 2.45) is 5.73 Å². The van der Waals surface area contributed by atoms with Crippen LogP contribution in [-0.2, 0) is 17.8 Å². The van der Waals surface area contributed by atoms with Gasteiger partial charge in [0.05, 0.1) is 18.3 Å². The SMILES string of the molecule is CN(C)c1nc2c(c(N3CCC(O)CC3)n1)CN(C(=O)CCN)CC2. The standard InChI is InChI=1S/C17H28N6O2/c1-21(2)17-19-14-6-10-23(15(25)3-7-18)11-13(14)16(20-17)22-8-4-12(24)5-9-22/h12,24H,3-11,18H2,1-2H3. The Morgan fingerprint density at radius 1 is 1.28 bits per heavy atom. The second-order valence-electron chi connectivity index (χ2n) is 6.99. The average Bonchev–Trinajstić information content (AvgIpc) is 2.61. The van der Waals surface area contributed by atoms with Crippen molar-refractivity contribution in [1.82, 2.24) is 14.9 Å². The lowest BCUT2D eigenvalue weighted by Crippen LogP contribution is -2.41. The number of aliphatic hydroxyl groups excluding tert-OH is 1. The van der Waals surface area contributed by atoms with Gasteiger partial charge in [0.25, 0.3) is 0 Å². The third kappa shape index (κ3) is 3.85. The van der Waals surface area contributed by atoms with Crippen molar-refractivity contribution >= 4 is 17.7 Å². The van der Waals surface area contributed by atoms with Gasteiger partial charge in [0.1, 0.15) is 5.82 Å². The molecule has 8 heteroatoms. The third-order valence-corrected chi connectivity index (χ3v) is 4.90. The Morgan fingerprint density at radius 2 is 2.00 bits per heavy atom. The number of nitrogens with zero attached hydrogens (tertiary/aromatic N) is 5. The first-order valence-electron chi connectivity index (χ1n) is 8.97. The van der Waals surface area contributed by atoms with E-state index in [2.05, 4.69) is 4.90 Å². The molecule has 3 heterocycles. The van der Waals surface area contributed by atoms with E-state index in [9.17, 15) is 9.90 Å². The van der Waals surface area contributed by atoms with E-state index < -0.39 is 0 Å². The number of rotatable bonds is 4. The van der Waals surface area contributed by atoms with Crippen LogP contribution < -0.4 is 15.5 Å². The molecule has 1 fully saturated rings. The fourth-order valence-corrected chi connectivity index (χ4v) is 3.42. The number of aromatic nitrogens is 2. The number of piperidine rings is 1. The number of amides is 1. The molecule has 1 aromatic rings. The highest BCUT2D eigenvalue weighted by molar-refractivity contribution is 5.77. The number of hydrogen-bond donors (Lipinski definition) is 2. The molecule has 1 aromatic heterocycles. The normalized spacial score (nSPS) is 18.2. The minimum atomic E-state index is -0.232. The van der Waals surface area contributed by atoms with E-state index in [1.54, 1.807) is 0 Å². The number of nitrogens with two attached hydrogens (primary N) is 1. The molecule has 0 aliphatic carbocycles. The van der Waals surface area contributed by atoms with Gasteiger partial charge >= 0.3 is 0 Å². The molecule has 8 nitrogen and oxygen atoms in total. The van der Waals surface area contributed by atoms with Gasteiger partial charge in [-0.05, 0) is 12.8 Å². The lowest BCUT2D eigenvalue weighted by atomic mass is 10.0. The van der Waals surface area contributed by atoms with E-state index in [-0.39, 0.29) is 12.0 Å². The maximum Gasteiger partial charge on any atom is 0.227 e. The summed E-state index contributed by atoms with van der Waals surface area (Å²) in [6, 6.07) is 0. The highest BCUT2D eigenvalue weighted by atomic mass is 16.3. The Balaban J connectivity index is 1.93. The monoisotopic (exact) mass is 348 g/mol. The molecule has 0 unspecified atom stereocenters. The maximum absolute atomic E-state index is 12.3. The van der Waals surface area contributed by atoms with Gasteiger partial charge in [-0.15, -0.1) is 0 Å². The van der Waals surface area contributed by atoms with Crippen molar-refractivity contribution in [3.63, 3.8) is 0 Å². The molecule has 0 saturated carbocycles. The average molecular weight is 348 g/mol. The molecule has 25 heavy (non-hydrogen) atoms. The molecule has 1 saturated heterocycles. The van der Waals surface area contributed by atoms with Crippen LogP contribution in [0.25, 0.3) is 0 Å². The van der Waals surface area contributed by atoms with E-state index in [1.807, 2.05) is 23.9 Å². The van der Waals surface area contributed by atoms with E-state index >= 15 is 0 Å². The second-order valence-corrected chi connectivity index (χ2v) is 6.99. The number of fused-ring (bicyclic) bond motifs is 1. The van der Waals surface area contributed by atoms with E-state index in [0.29, 0.717) is 32.0 Å². The summed E-state index contributed by atoms with van der Waals surface area (Å²) in [5.41, 5.74) is 7.60. The summed E-state index contributed by atoms with van der Waals surface area (Å²) in [7, 11) is 3.87. The first-order valence-corrected chi connectivity index (χ1v) is 8.97. The molecule has 2 aliphatic rings. The largest absolute Gasteiger partial charge is 0.393 e. The smallest absolute Gasteiger partial charge is 0.227 e. The van der Waals surface area contributed by atoms with Crippen LogP contribution in [0.2, 0.25) is 0 Å². The molecule has 1 amide bonds. The number of hydrogen-bond acceptors (Lipinski definition) is 7. The molecular formula is C17H28N6O2. The third-order valence-electron chi connectivity index (χ3n) is 4.90. The Labute approximate surface area is 148 Å². The molecule has 0 aromatic carbocycles. The number of carbonyl (C=O) groups excluding carboxylic acids is 1. The Bertz CT molecular complexity index is 628. The van der Waals surface area contributed by atoms with Gasteiger partial charge in [-0.2, -0.15) is 4.98 Å². The zero-order valence-electron chi connectivity index (χ0n) is 15.1. The summed E-state index contributed by atoms with van der Waals surface area (Å²) < 4.78 is 0.